The molecule has 5 rings (SSSR count). The van der Waals surface area contributed by atoms with Crippen LogP contribution in [0, 0.1) is 20.8 Å². The number of benzene rings is 3. The zero-order valence-corrected chi connectivity index (χ0v) is 20.1. The van der Waals surface area contributed by atoms with Gasteiger partial charge in [0.15, 0.2) is 0 Å². The highest BCUT2D eigenvalue weighted by Gasteiger charge is 2.17. The molecule has 0 amide bonds. The van der Waals surface area contributed by atoms with Crippen molar-refractivity contribution in [3.05, 3.63) is 94.7 Å². The van der Waals surface area contributed by atoms with E-state index in [1.807, 2.05) is 0 Å². The molecule has 170 valence electrons. The van der Waals surface area contributed by atoms with Gasteiger partial charge in [0.05, 0.1) is 6.54 Å². The zero-order chi connectivity index (χ0) is 22.8. The number of hydrogen-bond donors (Lipinski definition) is 0. The lowest BCUT2D eigenvalue weighted by Crippen LogP contribution is -2.30. The van der Waals surface area contributed by atoms with Crippen LogP contribution in [-0.4, -0.2) is 36.0 Å². The fourth-order valence-electron chi connectivity index (χ4n) is 5.08. The lowest BCUT2D eigenvalue weighted by atomic mass is 10.0. The Bertz CT molecular complexity index is 1220. The molecule has 1 aromatic heterocycles. The molecule has 3 aromatic carbocycles. The molecule has 0 saturated carbocycles. The standard InChI is InChI=1S/C30H34N2O/c1-22-5-7-26(8-6-22)27-9-10-30-28(18-27)19-29(33-30)21-32-12-4-11-31(13-14-32)20-25-16-23(2)15-24(3)17-25/h5-10,15-19H,4,11-14,20-21H2,1-3H3. The van der Waals surface area contributed by atoms with Crippen molar-refractivity contribution in [1.29, 1.82) is 0 Å². The van der Waals surface area contributed by atoms with Crippen LogP contribution in [0.3, 0.4) is 0 Å². The second-order valence-electron chi connectivity index (χ2n) is 9.73. The maximum atomic E-state index is 6.22. The van der Waals surface area contributed by atoms with Gasteiger partial charge in [-0.15, -0.1) is 0 Å². The predicted molar refractivity (Wildman–Crippen MR) is 137 cm³/mol. The molecule has 0 unspecified atom stereocenters. The van der Waals surface area contributed by atoms with Crippen LogP contribution in [0.1, 0.15) is 34.4 Å². The SMILES string of the molecule is Cc1ccc(-c2ccc3oc(CN4CCCN(Cc5cc(C)cc(C)c5)CC4)cc3c2)cc1. The van der Waals surface area contributed by atoms with Gasteiger partial charge in [-0.1, -0.05) is 65.2 Å². The molecule has 1 saturated heterocycles. The van der Waals surface area contributed by atoms with E-state index < -0.39 is 0 Å². The average molecular weight is 439 g/mol. The van der Waals surface area contributed by atoms with E-state index in [0.717, 1.165) is 50.6 Å². The van der Waals surface area contributed by atoms with Gasteiger partial charge in [-0.25, -0.2) is 0 Å². The van der Waals surface area contributed by atoms with Crippen molar-refractivity contribution in [3.8, 4) is 11.1 Å². The van der Waals surface area contributed by atoms with E-state index in [9.17, 15) is 0 Å². The highest BCUT2D eigenvalue weighted by molar-refractivity contribution is 5.84. The van der Waals surface area contributed by atoms with Crippen molar-refractivity contribution in [1.82, 2.24) is 9.80 Å². The molecular formula is C30H34N2O. The Balaban J connectivity index is 1.23. The molecule has 0 bridgehead atoms. The van der Waals surface area contributed by atoms with Crippen molar-refractivity contribution in [2.45, 2.75) is 40.3 Å². The third-order valence-electron chi connectivity index (χ3n) is 6.70. The molecule has 1 aliphatic heterocycles. The fourth-order valence-corrected chi connectivity index (χ4v) is 5.08. The van der Waals surface area contributed by atoms with Gasteiger partial charge in [-0.2, -0.15) is 0 Å². The highest BCUT2D eigenvalue weighted by atomic mass is 16.3. The minimum absolute atomic E-state index is 0.881. The van der Waals surface area contributed by atoms with E-state index in [2.05, 4.69) is 97.3 Å². The quantitative estimate of drug-likeness (QED) is 0.344. The molecule has 0 radical (unpaired) electrons. The summed E-state index contributed by atoms with van der Waals surface area (Å²) in [7, 11) is 0. The molecule has 33 heavy (non-hydrogen) atoms. The molecule has 3 heteroatoms. The number of rotatable bonds is 5. The van der Waals surface area contributed by atoms with Gasteiger partial charge < -0.3 is 4.42 Å². The van der Waals surface area contributed by atoms with Crippen molar-refractivity contribution in [2.24, 2.45) is 0 Å². The van der Waals surface area contributed by atoms with E-state index >= 15 is 0 Å². The van der Waals surface area contributed by atoms with Gasteiger partial charge in [0.25, 0.3) is 0 Å². The van der Waals surface area contributed by atoms with Crippen LogP contribution in [-0.2, 0) is 13.1 Å². The largest absolute Gasteiger partial charge is 0.460 e. The average Bonchev–Trinajstić information content (AvgIpc) is 3.05. The Hall–Kier alpha value is -2.88. The summed E-state index contributed by atoms with van der Waals surface area (Å²) < 4.78 is 6.22. The van der Waals surface area contributed by atoms with Gasteiger partial charge in [-0.05, 0) is 75.2 Å². The van der Waals surface area contributed by atoms with Crippen LogP contribution in [0.5, 0.6) is 0 Å². The monoisotopic (exact) mass is 438 g/mol. The number of nitrogens with zero attached hydrogens (tertiary/aromatic N) is 2. The first kappa shape index (κ1) is 21.9. The molecule has 1 aliphatic rings. The molecule has 0 aliphatic carbocycles. The van der Waals surface area contributed by atoms with E-state index in [1.165, 1.54) is 45.2 Å². The molecule has 0 atom stereocenters. The van der Waals surface area contributed by atoms with E-state index in [0.29, 0.717) is 0 Å². The van der Waals surface area contributed by atoms with Crippen LogP contribution in [0.15, 0.2) is 71.1 Å². The van der Waals surface area contributed by atoms with Crippen LogP contribution >= 0.6 is 0 Å². The second kappa shape index (κ2) is 9.54. The second-order valence-corrected chi connectivity index (χ2v) is 9.73. The number of aryl methyl sites for hydroxylation is 3. The first-order valence-corrected chi connectivity index (χ1v) is 12.1. The molecule has 4 aromatic rings. The first-order chi connectivity index (χ1) is 16.0. The fraction of sp³-hybridized carbons (Fsp3) is 0.333. The Morgan fingerprint density at radius 2 is 1.30 bits per heavy atom. The molecule has 0 spiro atoms. The van der Waals surface area contributed by atoms with Gasteiger partial charge >= 0.3 is 0 Å². The third-order valence-corrected chi connectivity index (χ3v) is 6.70. The topological polar surface area (TPSA) is 19.6 Å². The van der Waals surface area contributed by atoms with Crippen molar-refractivity contribution in [2.75, 3.05) is 26.2 Å². The third kappa shape index (κ3) is 5.38. The van der Waals surface area contributed by atoms with Crippen molar-refractivity contribution in [3.63, 3.8) is 0 Å². The Labute approximate surface area is 197 Å². The summed E-state index contributed by atoms with van der Waals surface area (Å²) in [6, 6.07) is 24.4. The normalized spacial score (nSPS) is 15.7. The zero-order valence-electron chi connectivity index (χ0n) is 20.1. The summed E-state index contributed by atoms with van der Waals surface area (Å²) >= 11 is 0. The van der Waals surface area contributed by atoms with E-state index in [4.69, 9.17) is 4.42 Å². The van der Waals surface area contributed by atoms with Gasteiger partial charge in [0.2, 0.25) is 0 Å². The Kier molecular flexibility index (Phi) is 6.34. The number of fused-ring (bicyclic) bond motifs is 1. The Morgan fingerprint density at radius 1 is 0.636 bits per heavy atom. The van der Waals surface area contributed by atoms with Crippen LogP contribution in [0.4, 0.5) is 0 Å². The minimum atomic E-state index is 0.881. The van der Waals surface area contributed by atoms with Gasteiger partial charge in [0, 0.05) is 25.0 Å². The predicted octanol–water partition coefficient (Wildman–Crippen LogP) is 6.73. The Morgan fingerprint density at radius 3 is 2.03 bits per heavy atom. The van der Waals surface area contributed by atoms with Crippen molar-refractivity contribution < 1.29 is 4.42 Å². The molecule has 2 heterocycles. The van der Waals surface area contributed by atoms with E-state index in [-0.39, 0.29) is 0 Å². The summed E-state index contributed by atoms with van der Waals surface area (Å²) in [5, 5.41) is 1.19. The van der Waals surface area contributed by atoms with Crippen LogP contribution in [0.25, 0.3) is 22.1 Å². The summed E-state index contributed by atoms with van der Waals surface area (Å²) in [6.07, 6.45) is 1.20. The lowest BCUT2D eigenvalue weighted by molar-refractivity contribution is 0.236. The first-order valence-electron chi connectivity index (χ1n) is 12.1. The van der Waals surface area contributed by atoms with Crippen molar-refractivity contribution >= 4 is 11.0 Å². The summed E-state index contributed by atoms with van der Waals surface area (Å²) in [5.41, 5.74) is 8.91. The van der Waals surface area contributed by atoms with E-state index in [1.54, 1.807) is 0 Å². The van der Waals surface area contributed by atoms with Crippen LogP contribution in [0.2, 0.25) is 0 Å². The minimum Gasteiger partial charge on any atom is -0.460 e. The van der Waals surface area contributed by atoms with Gasteiger partial charge in [0.1, 0.15) is 11.3 Å². The lowest BCUT2D eigenvalue weighted by Gasteiger charge is -2.21. The molecule has 1 fully saturated rings. The highest BCUT2D eigenvalue weighted by Crippen LogP contribution is 2.28. The summed E-state index contributed by atoms with van der Waals surface area (Å²) in [4.78, 5) is 5.14. The van der Waals surface area contributed by atoms with Gasteiger partial charge in [-0.3, -0.25) is 9.80 Å². The maximum absolute atomic E-state index is 6.22. The number of furan rings is 1. The van der Waals surface area contributed by atoms with Crippen LogP contribution < -0.4 is 0 Å². The number of hydrogen-bond acceptors (Lipinski definition) is 3. The molecule has 0 N–H and O–H groups in total. The molecular weight excluding hydrogens is 404 g/mol. The smallest absolute Gasteiger partial charge is 0.134 e. The summed E-state index contributed by atoms with van der Waals surface area (Å²) in [6.45, 7) is 12.9. The summed E-state index contributed by atoms with van der Waals surface area (Å²) in [5.74, 6) is 1.06. The molecule has 3 nitrogen and oxygen atoms in total. The maximum Gasteiger partial charge on any atom is 0.134 e.